The molecule has 126 valence electrons. The van der Waals surface area contributed by atoms with Crippen LogP contribution in [0.4, 0.5) is 5.69 Å². The van der Waals surface area contributed by atoms with Gasteiger partial charge in [0, 0.05) is 48.5 Å². The average molecular weight is 330 g/mol. The standard InChI is InChI=1S/C16H18N4O4/c1-18-7-6-14-13(9-18)16(17-19(14)10-15(21)24-2)11-4-3-5-12(8-11)20(22)23/h3-5,8H,6-7,9-10H2,1-2H3. The van der Waals surface area contributed by atoms with Crippen LogP contribution in [0.15, 0.2) is 24.3 Å². The summed E-state index contributed by atoms with van der Waals surface area (Å²) in [5.74, 6) is -0.371. The first-order valence-electron chi connectivity index (χ1n) is 7.58. The van der Waals surface area contributed by atoms with Gasteiger partial charge in [-0.15, -0.1) is 0 Å². The molecule has 1 aliphatic heterocycles. The fourth-order valence-corrected chi connectivity index (χ4v) is 2.94. The number of hydrogen-bond donors (Lipinski definition) is 0. The fourth-order valence-electron chi connectivity index (χ4n) is 2.94. The Morgan fingerprint density at radius 1 is 1.46 bits per heavy atom. The number of methoxy groups -OCH3 is 1. The number of benzene rings is 1. The number of nitrogens with zero attached hydrogens (tertiary/aromatic N) is 4. The summed E-state index contributed by atoms with van der Waals surface area (Å²) in [4.78, 5) is 24.4. The normalized spacial score (nSPS) is 14.2. The van der Waals surface area contributed by atoms with Gasteiger partial charge in [0.15, 0.2) is 0 Å². The van der Waals surface area contributed by atoms with Crippen molar-refractivity contribution in [3.8, 4) is 11.3 Å². The smallest absolute Gasteiger partial charge is 0.327 e. The molecule has 0 N–H and O–H groups in total. The Hall–Kier alpha value is -2.74. The number of likely N-dealkylation sites (N-methyl/N-ethyl adjacent to an activating group) is 1. The van der Waals surface area contributed by atoms with Crippen LogP contribution in [0.25, 0.3) is 11.3 Å². The molecule has 0 bridgehead atoms. The van der Waals surface area contributed by atoms with Crippen LogP contribution < -0.4 is 0 Å². The minimum absolute atomic E-state index is 0.0212. The van der Waals surface area contributed by atoms with Crippen LogP contribution in [-0.4, -0.2) is 46.3 Å². The number of fused-ring (bicyclic) bond motifs is 1. The molecule has 0 saturated heterocycles. The molecule has 0 atom stereocenters. The molecule has 2 heterocycles. The van der Waals surface area contributed by atoms with E-state index in [4.69, 9.17) is 4.74 Å². The zero-order valence-corrected chi connectivity index (χ0v) is 13.6. The van der Waals surface area contributed by atoms with E-state index in [0.29, 0.717) is 17.8 Å². The van der Waals surface area contributed by atoms with Gasteiger partial charge in [-0.1, -0.05) is 12.1 Å². The number of carbonyl (C=O) groups excluding carboxylic acids is 1. The number of rotatable bonds is 4. The lowest BCUT2D eigenvalue weighted by Gasteiger charge is -2.23. The van der Waals surface area contributed by atoms with Crippen molar-refractivity contribution in [3.05, 3.63) is 45.6 Å². The highest BCUT2D eigenvalue weighted by Gasteiger charge is 2.25. The number of nitro groups is 1. The Labute approximate surface area is 138 Å². The van der Waals surface area contributed by atoms with Crippen LogP contribution in [0.3, 0.4) is 0 Å². The Kier molecular flexibility index (Phi) is 4.30. The SMILES string of the molecule is COC(=O)Cn1nc(-c2cccc([N+](=O)[O-])c2)c2c1CCN(C)C2. The first kappa shape index (κ1) is 16.1. The highest BCUT2D eigenvalue weighted by molar-refractivity contribution is 5.71. The van der Waals surface area contributed by atoms with E-state index in [0.717, 1.165) is 24.2 Å². The second-order valence-electron chi connectivity index (χ2n) is 5.80. The van der Waals surface area contributed by atoms with Crippen LogP contribution in [0, 0.1) is 10.1 Å². The van der Waals surface area contributed by atoms with Crippen molar-refractivity contribution in [2.75, 3.05) is 20.7 Å². The van der Waals surface area contributed by atoms with Gasteiger partial charge in [-0.25, -0.2) is 0 Å². The van der Waals surface area contributed by atoms with E-state index in [2.05, 4.69) is 10.00 Å². The molecule has 8 nitrogen and oxygen atoms in total. The van der Waals surface area contributed by atoms with Gasteiger partial charge in [0.25, 0.3) is 5.69 Å². The van der Waals surface area contributed by atoms with Gasteiger partial charge in [-0.3, -0.25) is 19.6 Å². The van der Waals surface area contributed by atoms with Gasteiger partial charge >= 0.3 is 5.97 Å². The van der Waals surface area contributed by atoms with Crippen molar-refractivity contribution in [1.29, 1.82) is 0 Å². The third kappa shape index (κ3) is 3.00. The van der Waals surface area contributed by atoms with Gasteiger partial charge in [-0.05, 0) is 7.05 Å². The number of ether oxygens (including phenoxy) is 1. The number of hydrogen-bond acceptors (Lipinski definition) is 6. The predicted molar refractivity (Wildman–Crippen MR) is 86.4 cm³/mol. The Balaban J connectivity index is 2.09. The molecule has 0 amide bonds. The topological polar surface area (TPSA) is 90.5 Å². The van der Waals surface area contributed by atoms with Crippen LogP contribution >= 0.6 is 0 Å². The Morgan fingerprint density at radius 2 is 2.25 bits per heavy atom. The highest BCUT2D eigenvalue weighted by atomic mass is 16.6. The summed E-state index contributed by atoms with van der Waals surface area (Å²) >= 11 is 0. The molecule has 0 unspecified atom stereocenters. The molecule has 1 aliphatic rings. The number of carbonyl (C=O) groups is 1. The Morgan fingerprint density at radius 3 is 2.96 bits per heavy atom. The van der Waals surface area contributed by atoms with Gasteiger partial charge in [0.1, 0.15) is 6.54 Å². The van der Waals surface area contributed by atoms with E-state index in [1.54, 1.807) is 16.8 Å². The fraction of sp³-hybridized carbons (Fsp3) is 0.375. The van der Waals surface area contributed by atoms with E-state index < -0.39 is 4.92 Å². The zero-order valence-electron chi connectivity index (χ0n) is 13.6. The number of aromatic nitrogens is 2. The predicted octanol–water partition coefficient (Wildman–Crippen LogP) is 1.62. The molecule has 0 aliphatic carbocycles. The number of esters is 1. The lowest BCUT2D eigenvalue weighted by molar-refractivity contribution is -0.384. The second-order valence-corrected chi connectivity index (χ2v) is 5.80. The molecule has 0 saturated carbocycles. The van der Waals surface area contributed by atoms with Crippen molar-refractivity contribution >= 4 is 11.7 Å². The molecule has 3 rings (SSSR count). The van der Waals surface area contributed by atoms with Crippen molar-refractivity contribution in [1.82, 2.24) is 14.7 Å². The van der Waals surface area contributed by atoms with Gasteiger partial charge in [0.05, 0.1) is 17.7 Å². The van der Waals surface area contributed by atoms with E-state index in [1.165, 1.54) is 19.2 Å². The van der Waals surface area contributed by atoms with E-state index in [1.807, 2.05) is 7.05 Å². The first-order valence-corrected chi connectivity index (χ1v) is 7.58. The summed E-state index contributed by atoms with van der Waals surface area (Å²) in [5.41, 5.74) is 3.38. The van der Waals surface area contributed by atoms with Crippen molar-refractivity contribution < 1.29 is 14.5 Å². The van der Waals surface area contributed by atoms with Gasteiger partial charge in [0.2, 0.25) is 0 Å². The third-order valence-corrected chi connectivity index (χ3v) is 4.16. The second kappa shape index (κ2) is 6.40. The molecular weight excluding hydrogens is 312 g/mol. The maximum Gasteiger partial charge on any atom is 0.327 e. The van der Waals surface area contributed by atoms with Crippen molar-refractivity contribution in [3.63, 3.8) is 0 Å². The van der Waals surface area contributed by atoms with Gasteiger partial charge in [-0.2, -0.15) is 5.10 Å². The monoisotopic (exact) mass is 330 g/mol. The summed E-state index contributed by atoms with van der Waals surface area (Å²) in [6, 6.07) is 6.41. The summed E-state index contributed by atoms with van der Waals surface area (Å²) in [6.07, 6.45) is 0.769. The number of nitro benzene ring substituents is 1. The summed E-state index contributed by atoms with van der Waals surface area (Å²) in [6.45, 7) is 1.60. The molecule has 8 heteroatoms. The largest absolute Gasteiger partial charge is 0.468 e. The lowest BCUT2D eigenvalue weighted by atomic mass is 10.0. The minimum Gasteiger partial charge on any atom is -0.468 e. The van der Waals surface area contributed by atoms with E-state index in [9.17, 15) is 14.9 Å². The third-order valence-electron chi connectivity index (χ3n) is 4.16. The molecule has 1 aromatic carbocycles. The molecule has 0 fully saturated rings. The maximum atomic E-state index is 11.6. The summed E-state index contributed by atoms with van der Waals surface area (Å²) in [5, 5.41) is 15.6. The van der Waals surface area contributed by atoms with E-state index in [-0.39, 0.29) is 18.2 Å². The minimum atomic E-state index is -0.423. The van der Waals surface area contributed by atoms with Crippen molar-refractivity contribution in [2.24, 2.45) is 0 Å². The molecule has 0 spiro atoms. The van der Waals surface area contributed by atoms with Crippen LogP contribution in [-0.2, 0) is 29.0 Å². The summed E-state index contributed by atoms with van der Waals surface area (Å²) < 4.78 is 6.39. The molecule has 1 aromatic heterocycles. The Bertz CT molecular complexity index is 799. The average Bonchev–Trinajstić information content (AvgIpc) is 2.92. The van der Waals surface area contributed by atoms with Crippen LogP contribution in [0.2, 0.25) is 0 Å². The molecule has 2 aromatic rings. The van der Waals surface area contributed by atoms with Gasteiger partial charge < -0.3 is 9.64 Å². The molecule has 0 radical (unpaired) electrons. The van der Waals surface area contributed by atoms with E-state index >= 15 is 0 Å². The highest BCUT2D eigenvalue weighted by Crippen LogP contribution is 2.31. The lowest BCUT2D eigenvalue weighted by Crippen LogP contribution is -2.28. The maximum absolute atomic E-state index is 11.6. The molecular formula is C16H18N4O4. The molecule has 24 heavy (non-hydrogen) atoms. The zero-order chi connectivity index (χ0) is 17.3. The number of non-ortho nitro benzene ring substituents is 1. The first-order chi connectivity index (χ1) is 11.5. The van der Waals surface area contributed by atoms with Crippen LogP contribution in [0.1, 0.15) is 11.3 Å². The quantitative estimate of drug-likeness (QED) is 0.481. The van der Waals surface area contributed by atoms with Crippen molar-refractivity contribution in [2.45, 2.75) is 19.5 Å². The summed E-state index contributed by atoms with van der Waals surface area (Å²) in [7, 11) is 3.35. The van der Waals surface area contributed by atoms with Crippen LogP contribution in [0.5, 0.6) is 0 Å².